The standard InChI is InChI=1S/C69H52N2/c1-4-18-47(19-5-1)49-32-36-54(37-33-49)70(55-38-34-48-20-10-11-24-52(48)44-55)56-39-41-61-59-28-14-16-30-63(59)69(65(61)45-56)64-31-17-15-29-60(64)62-42-40-57(46-66(62)69)71(53-25-8-3-9-26-53)67-43-35-50-21-12-13-27-58(50)68(67)51-22-6-2-7-23-51/h2-3,6-17,20-47H,1,4-5,18-19H2. The van der Waals surface area contributed by atoms with Gasteiger partial charge in [-0.05, 0) is 163 Å². The SMILES string of the molecule is c1ccc(-c2c(N(c3ccccc3)c3ccc4c(c3)C3(c5ccccc5-c5ccc(N(c6ccc(C7CCCCC7)cc6)c6ccc7ccccc7c6)cc53)c3ccccc3-4)ccc3ccccc23)cc1. The molecule has 1 saturated carbocycles. The van der Waals surface area contributed by atoms with E-state index in [-0.39, 0.29) is 0 Å². The number of fused-ring (bicyclic) bond motifs is 12. The van der Waals surface area contributed by atoms with Crippen LogP contribution >= 0.6 is 0 Å². The van der Waals surface area contributed by atoms with Gasteiger partial charge in [-0.25, -0.2) is 0 Å². The molecule has 11 aromatic carbocycles. The quantitative estimate of drug-likeness (QED) is 0.150. The smallest absolute Gasteiger partial charge is 0.0727 e. The molecule has 1 fully saturated rings. The van der Waals surface area contributed by atoms with Crippen molar-refractivity contribution in [2.75, 3.05) is 9.80 Å². The Labute approximate surface area is 416 Å². The summed E-state index contributed by atoms with van der Waals surface area (Å²) < 4.78 is 0. The molecule has 71 heavy (non-hydrogen) atoms. The minimum absolute atomic E-state index is 0.586. The first kappa shape index (κ1) is 41.5. The second-order valence-corrected chi connectivity index (χ2v) is 19.8. The van der Waals surface area contributed by atoms with Crippen molar-refractivity contribution in [1.82, 2.24) is 0 Å². The lowest BCUT2D eigenvalue weighted by Gasteiger charge is -2.34. The molecule has 0 aromatic heterocycles. The molecule has 0 bridgehead atoms. The van der Waals surface area contributed by atoms with Crippen LogP contribution in [0.4, 0.5) is 34.1 Å². The summed E-state index contributed by atoms with van der Waals surface area (Å²) in [4.78, 5) is 4.98. The predicted octanol–water partition coefficient (Wildman–Crippen LogP) is 19.0. The van der Waals surface area contributed by atoms with Gasteiger partial charge in [-0.2, -0.15) is 0 Å². The van der Waals surface area contributed by atoms with Crippen LogP contribution in [0.3, 0.4) is 0 Å². The molecular weight excluding hydrogens is 857 g/mol. The van der Waals surface area contributed by atoms with Gasteiger partial charge in [-0.3, -0.25) is 0 Å². The summed E-state index contributed by atoms with van der Waals surface area (Å²) in [5, 5.41) is 4.92. The van der Waals surface area contributed by atoms with Crippen molar-refractivity contribution in [3.05, 3.63) is 277 Å². The van der Waals surface area contributed by atoms with E-state index in [9.17, 15) is 0 Å². The van der Waals surface area contributed by atoms with Crippen molar-refractivity contribution < 1.29 is 0 Å². The van der Waals surface area contributed by atoms with Gasteiger partial charge in [-0.1, -0.05) is 201 Å². The number of nitrogens with zero attached hydrogens (tertiary/aromatic N) is 2. The third-order valence-electron chi connectivity index (χ3n) is 16.0. The summed E-state index contributed by atoms with van der Waals surface area (Å²) in [7, 11) is 0. The van der Waals surface area contributed by atoms with E-state index in [1.54, 1.807) is 0 Å². The molecule has 338 valence electrons. The zero-order valence-corrected chi connectivity index (χ0v) is 39.7. The highest BCUT2D eigenvalue weighted by atomic mass is 15.1. The van der Waals surface area contributed by atoms with Gasteiger partial charge in [0.15, 0.2) is 0 Å². The van der Waals surface area contributed by atoms with Crippen LogP contribution < -0.4 is 9.80 Å². The summed E-state index contributed by atoms with van der Waals surface area (Å²) in [6.07, 6.45) is 6.57. The molecule has 1 spiro atoms. The molecule has 3 aliphatic carbocycles. The third-order valence-corrected chi connectivity index (χ3v) is 16.0. The molecule has 3 aliphatic rings. The first-order valence-electron chi connectivity index (χ1n) is 25.5. The number of para-hydroxylation sites is 1. The summed E-state index contributed by atoms with van der Waals surface area (Å²) in [5.41, 5.74) is 20.5. The Balaban J connectivity index is 1.00. The minimum Gasteiger partial charge on any atom is -0.310 e. The van der Waals surface area contributed by atoms with Crippen molar-refractivity contribution in [2.45, 2.75) is 43.4 Å². The van der Waals surface area contributed by atoms with Gasteiger partial charge >= 0.3 is 0 Å². The number of benzene rings is 11. The van der Waals surface area contributed by atoms with Gasteiger partial charge in [0, 0.05) is 34.0 Å². The van der Waals surface area contributed by atoms with Crippen molar-refractivity contribution in [2.24, 2.45) is 0 Å². The second kappa shape index (κ2) is 16.9. The lowest BCUT2D eigenvalue weighted by molar-refractivity contribution is 0.443. The summed E-state index contributed by atoms with van der Waals surface area (Å²) >= 11 is 0. The Bertz CT molecular complexity index is 3800. The van der Waals surface area contributed by atoms with Crippen molar-refractivity contribution in [3.8, 4) is 33.4 Å². The molecule has 0 heterocycles. The average molecular weight is 909 g/mol. The third kappa shape index (κ3) is 6.62. The molecule has 2 heteroatoms. The monoisotopic (exact) mass is 908 g/mol. The molecule has 1 unspecified atom stereocenters. The highest BCUT2D eigenvalue weighted by Gasteiger charge is 2.52. The zero-order chi connectivity index (χ0) is 46.9. The highest BCUT2D eigenvalue weighted by Crippen LogP contribution is 2.64. The molecule has 0 N–H and O–H groups in total. The Kier molecular flexibility index (Phi) is 9.88. The number of hydrogen-bond acceptors (Lipinski definition) is 2. The lowest BCUT2D eigenvalue weighted by Crippen LogP contribution is -2.26. The van der Waals surface area contributed by atoms with E-state index < -0.39 is 5.41 Å². The van der Waals surface area contributed by atoms with E-state index in [0.29, 0.717) is 5.92 Å². The fourth-order valence-corrected chi connectivity index (χ4v) is 12.8. The van der Waals surface area contributed by atoms with Crippen LogP contribution in [0.25, 0.3) is 54.9 Å². The van der Waals surface area contributed by atoms with E-state index in [1.165, 1.54) is 121 Å². The molecule has 0 amide bonds. The Hall–Kier alpha value is -8.46. The normalized spacial score (nSPS) is 15.6. The largest absolute Gasteiger partial charge is 0.310 e. The van der Waals surface area contributed by atoms with Crippen LogP contribution in [-0.4, -0.2) is 0 Å². The van der Waals surface area contributed by atoms with Gasteiger partial charge < -0.3 is 9.80 Å². The molecule has 0 aliphatic heterocycles. The average Bonchev–Trinajstić information content (AvgIpc) is 3.91. The number of rotatable bonds is 8. The Morgan fingerprint density at radius 1 is 0.324 bits per heavy atom. The maximum Gasteiger partial charge on any atom is 0.0727 e. The molecule has 0 saturated heterocycles. The summed E-state index contributed by atoms with van der Waals surface area (Å²) in [6.45, 7) is 0. The van der Waals surface area contributed by atoms with Crippen molar-refractivity contribution in [3.63, 3.8) is 0 Å². The van der Waals surface area contributed by atoms with Gasteiger partial charge in [0.2, 0.25) is 0 Å². The van der Waals surface area contributed by atoms with E-state index >= 15 is 0 Å². The number of hydrogen-bond donors (Lipinski definition) is 0. The van der Waals surface area contributed by atoms with Crippen LogP contribution in [0.1, 0.15) is 65.8 Å². The molecule has 0 radical (unpaired) electrons. The van der Waals surface area contributed by atoms with Crippen LogP contribution in [0.15, 0.2) is 249 Å². The van der Waals surface area contributed by atoms with Crippen LogP contribution in [0.2, 0.25) is 0 Å². The highest BCUT2D eigenvalue weighted by molar-refractivity contribution is 6.06. The Morgan fingerprint density at radius 2 is 0.817 bits per heavy atom. The molecule has 1 atom stereocenters. The van der Waals surface area contributed by atoms with Crippen molar-refractivity contribution in [1.29, 1.82) is 0 Å². The van der Waals surface area contributed by atoms with Crippen LogP contribution in [0.5, 0.6) is 0 Å². The van der Waals surface area contributed by atoms with Crippen molar-refractivity contribution >= 4 is 55.7 Å². The zero-order valence-electron chi connectivity index (χ0n) is 39.7. The first-order valence-corrected chi connectivity index (χ1v) is 25.5. The lowest BCUT2D eigenvalue weighted by atomic mass is 9.70. The first-order chi connectivity index (χ1) is 35.2. The van der Waals surface area contributed by atoms with E-state index in [1.807, 2.05) is 0 Å². The van der Waals surface area contributed by atoms with Crippen LogP contribution in [0, 0.1) is 0 Å². The topological polar surface area (TPSA) is 6.48 Å². The second-order valence-electron chi connectivity index (χ2n) is 19.8. The van der Waals surface area contributed by atoms with E-state index in [2.05, 4.69) is 259 Å². The molecular formula is C69H52N2. The van der Waals surface area contributed by atoms with Gasteiger partial charge in [0.05, 0.1) is 11.1 Å². The molecule has 2 nitrogen and oxygen atoms in total. The molecule has 14 rings (SSSR count). The minimum atomic E-state index is -0.586. The van der Waals surface area contributed by atoms with E-state index in [0.717, 1.165) is 28.4 Å². The maximum atomic E-state index is 2.53. The fourth-order valence-electron chi connectivity index (χ4n) is 12.8. The van der Waals surface area contributed by atoms with Crippen LogP contribution in [-0.2, 0) is 5.41 Å². The van der Waals surface area contributed by atoms with Gasteiger partial charge in [-0.15, -0.1) is 0 Å². The number of anilines is 6. The summed E-state index contributed by atoms with van der Waals surface area (Å²) in [5.74, 6) is 0.640. The maximum absolute atomic E-state index is 2.53. The molecule has 11 aromatic rings. The van der Waals surface area contributed by atoms with Gasteiger partial charge in [0.25, 0.3) is 0 Å². The fraction of sp³-hybridized carbons (Fsp3) is 0.101. The Morgan fingerprint density at radius 3 is 1.51 bits per heavy atom. The predicted molar refractivity (Wildman–Crippen MR) is 298 cm³/mol. The summed E-state index contributed by atoms with van der Waals surface area (Å²) in [6, 6.07) is 93.4. The van der Waals surface area contributed by atoms with E-state index in [4.69, 9.17) is 0 Å². The van der Waals surface area contributed by atoms with Gasteiger partial charge in [0.1, 0.15) is 0 Å².